The third kappa shape index (κ3) is 4.39. The van der Waals surface area contributed by atoms with Crippen LogP contribution in [0, 0.1) is 5.41 Å². The maximum Gasteiger partial charge on any atom is 0.219 e. The molecule has 2 aliphatic rings. The molecule has 1 aromatic rings. The molecule has 3 rings (SSSR count). The molecule has 1 amide bonds. The van der Waals surface area contributed by atoms with Crippen LogP contribution in [-0.4, -0.2) is 41.9 Å². The van der Waals surface area contributed by atoms with Gasteiger partial charge >= 0.3 is 0 Å². The molecule has 1 spiro atoms. The number of benzene rings is 1. The highest BCUT2D eigenvalue weighted by molar-refractivity contribution is 5.74. The molecule has 1 heterocycles. The van der Waals surface area contributed by atoms with Crippen molar-refractivity contribution in [3.8, 4) is 0 Å². The number of piperidine rings is 1. The van der Waals surface area contributed by atoms with Gasteiger partial charge in [-0.1, -0.05) is 45.0 Å². The lowest BCUT2D eigenvalue weighted by Gasteiger charge is -2.49. The molecule has 0 N–H and O–H groups in total. The van der Waals surface area contributed by atoms with Crippen LogP contribution in [0.3, 0.4) is 0 Å². The van der Waals surface area contributed by atoms with E-state index in [9.17, 15) is 4.79 Å². The fourth-order valence-electron chi connectivity index (χ4n) is 5.18. The van der Waals surface area contributed by atoms with Gasteiger partial charge in [-0.05, 0) is 80.6 Å². The Kier molecular flexibility index (Phi) is 6.00. The molecular formula is C24H38N2O. The van der Waals surface area contributed by atoms with Gasteiger partial charge in [0.1, 0.15) is 0 Å². The van der Waals surface area contributed by atoms with Crippen molar-refractivity contribution in [1.29, 1.82) is 0 Å². The molecular weight excluding hydrogens is 332 g/mol. The lowest BCUT2D eigenvalue weighted by atomic mass is 9.63. The average molecular weight is 371 g/mol. The van der Waals surface area contributed by atoms with Gasteiger partial charge in [0.15, 0.2) is 0 Å². The molecule has 3 heteroatoms. The maximum absolute atomic E-state index is 12.2. The second-order valence-electron chi connectivity index (χ2n) is 9.88. The Morgan fingerprint density at radius 3 is 2.44 bits per heavy atom. The maximum atomic E-state index is 12.2. The van der Waals surface area contributed by atoms with E-state index in [1.165, 1.54) is 56.4 Å². The number of hydrogen-bond donors (Lipinski definition) is 0. The molecule has 1 fully saturated rings. The van der Waals surface area contributed by atoms with Crippen LogP contribution in [0.2, 0.25) is 0 Å². The van der Waals surface area contributed by atoms with Crippen LogP contribution < -0.4 is 0 Å². The Morgan fingerprint density at radius 2 is 1.85 bits per heavy atom. The summed E-state index contributed by atoms with van der Waals surface area (Å²) in [4.78, 5) is 16.9. The van der Waals surface area contributed by atoms with Crippen LogP contribution in [0.15, 0.2) is 24.3 Å². The van der Waals surface area contributed by atoms with E-state index in [2.05, 4.69) is 61.8 Å². The van der Waals surface area contributed by atoms with Crippen molar-refractivity contribution < 1.29 is 4.79 Å². The summed E-state index contributed by atoms with van der Waals surface area (Å²) in [6, 6.07) is 9.22. The number of nitrogens with zero attached hydrogens (tertiary/aromatic N) is 2. The second-order valence-corrected chi connectivity index (χ2v) is 9.88. The van der Waals surface area contributed by atoms with Crippen LogP contribution in [0.1, 0.15) is 83.9 Å². The second kappa shape index (κ2) is 7.95. The summed E-state index contributed by atoms with van der Waals surface area (Å²) in [6.45, 7) is 15.3. The molecule has 0 radical (unpaired) electrons. The number of hydrogen-bond acceptors (Lipinski definition) is 2. The monoisotopic (exact) mass is 370 g/mol. The molecule has 27 heavy (non-hydrogen) atoms. The van der Waals surface area contributed by atoms with Crippen molar-refractivity contribution >= 4 is 5.91 Å². The molecule has 1 aromatic carbocycles. The lowest BCUT2D eigenvalue weighted by molar-refractivity contribution is -0.131. The molecule has 1 aliphatic heterocycles. The normalized spacial score (nSPS) is 22.5. The van der Waals surface area contributed by atoms with Crippen molar-refractivity contribution in [2.24, 2.45) is 5.41 Å². The first-order valence-corrected chi connectivity index (χ1v) is 10.8. The number of amides is 1. The molecule has 0 saturated carbocycles. The predicted molar refractivity (Wildman–Crippen MR) is 113 cm³/mol. The summed E-state index contributed by atoms with van der Waals surface area (Å²) in [7, 11) is 0. The van der Waals surface area contributed by atoms with Gasteiger partial charge in [-0.15, -0.1) is 0 Å². The number of fused-ring (bicyclic) bond motifs is 2. The molecule has 150 valence electrons. The van der Waals surface area contributed by atoms with Crippen molar-refractivity contribution in [2.45, 2.75) is 78.2 Å². The number of likely N-dealkylation sites (tertiary alicyclic amines) is 1. The van der Waals surface area contributed by atoms with Crippen LogP contribution in [-0.2, 0) is 10.2 Å². The lowest BCUT2D eigenvalue weighted by Crippen LogP contribution is -2.47. The quantitative estimate of drug-likeness (QED) is 0.731. The minimum absolute atomic E-state index is 0.199. The van der Waals surface area contributed by atoms with Crippen LogP contribution in [0.5, 0.6) is 0 Å². The smallest absolute Gasteiger partial charge is 0.219 e. The Balaban J connectivity index is 1.77. The fourth-order valence-corrected chi connectivity index (χ4v) is 5.18. The molecule has 1 aliphatic carbocycles. The zero-order valence-electron chi connectivity index (χ0n) is 18.1. The minimum atomic E-state index is 0.199. The van der Waals surface area contributed by atoms with Gasteiger partial charge in [0.05, 0.1) is 6.04 Å². The van der Waals surface area contributed by atoms with Crippen molar-refractivity contribution in [1.82, 2.24) is 9.80 Å². The number of carbonyl (C=O) groups excluding carboxylic acids is 1. The van der Waals surface area contributed by atoms with E-state index < -0.39 is 0 Å². The van der Waals surface area contributed by atoms with E-state index in [1.807, 2.05) is 0 Å². The largest absolute Gasteiger partial charge is 0.336 e. The zero-order chi connectivity index (χ0) is 19.7. The molecule has 0 aromatic heterocycles. The Labute approximate surface area is 166 Å². The van der Waals surface area contributed by atoms with Gasteiger partial charge in [0, 0.05) is 13.5 Å². The molecule has 0 unspecified atom stereocenters. The predicted octanol–water partition coefficient (Wildman–Crippen LogP) is 5.16. The molecule has 1 atom stereocenters. The van der Waals surface area contributed by atoms with E-state index in [4.69, 9.17) is 0 Å². The van der Waals surface area contributed by atoms with Crippen molar-refractivity contribution in [2.75, 3.05) is 26.2 Å². The Hall–Kier alpha value is -1.35. The van der Waals surface area contributed by atoms with Crippen molar-refractivity contribution in [3.63, 3.8) is 0 Å². The molecule has 3 nitrogen and oxygen atoms in total. The number of rotatable bonds is 4. The van der Waals surface area contributed by atoms with E-state index in [0.717, 1.165) is 13.0 Å². The van der Waals surface area contributed by atoms with E-state index in [1.54, 1.807) is 6.92 Å². The van der Waals surface area contributed by atoms with Crippen molar-refractivity contribution in [3.05, 3.63) is 35.4 Å². The summed E-state index contributed by atoms with van der Waals surface area (Å²) < 4.78 is 0. The van der Waals surface area contributed by atoms with E-state index in [-0.39, 0.29) is 11.9 Å². The molecule has 0 bridgehead atoms. The van der Waals surface area contributed by atoms with E-state index in [0.29, 0.717) is 10.8 Å². The van der Waals surface area contributed by atoms with Crippen LogP contribution >= 0.6 is 0 Å². The third-order valence-corrected chi connectivity index (χ3v) is 6.90. The highest BCUT2D eigenvalue weighted by atomic mass is 16.2. The zero-order valence-corrected chi connectivity index (χ0v) is 18.1. The Morgan fingerprint density at radius 1 is 1.19 bits per heavy atom. The molecule has 1 saturated heterocycles. The van der Waals surface area contributed by atoms with Gasteiger partial charge < -0.3 is 9.80 Å². The first-order valence-electron chi connectivity index (χ1n) is 10.8. The fraction of sp³-hybridized carbons (Fsp3) is 0.708. The highest BCUT2D eigenvalue weighted by Gasteiger charge is 2.43. The standard InChI is InChI=1S/C24H38N2O/c1-6-26(19(2)27)22-11-12-24(21-10-8-7-9-20(21)22)14-17-25(18-15-24)16-13-23(3,4)5/h7-10,22H,6,11-18H2,1-5H3/t22-/m0/s1. The van der Waals surface area contributed by atoms with Gasteiger partial charge in [0.2, 0.25) is 5.91 Å². The SMILES string of the molecule is CCN(C(C)=O)[C@H]1CCC2(CCN(CCC(C)(C)C)CC2)c2ccccc21. The first-order chi connectivity index (χ1) is 12.8. The van der Waals surface area contributed by atoms with Gasteiger partial charge in [0.25, 0.3) is 0 Å². The van der Waals surface area contributed by atoms with E-state index >= 15 is 0 Å². The van der Waals surface area contributed by atoms with Gasteiger partial charge in [-0.25, -0.2) is 0 Å². The summed E-state index contributed by atoms with van der Waals surface area (Å²) >= 11 is 0. The topological polar surface area (TPSA) is 23.6 Å². The summed E-state index contributed by atoms with van der Waals surface area (Å²) in [5.74, 6) is 0.199. The summed E-state index contributed by atoms with van der Waals surface area (Å²) in [5.41, 5.74) is 3.66. The summed E-state index contributed by atoms with van der Waals surface area (Å²) in [6.07, 6.45) is 6.10. The third-order valence-electron chi connectivity index (χ3n) is 6.90. The Bertz CT molecular complexity index is 653. The van der Waals surface area contributed by atoms with Gasteiger partial charge in [-0.2, -0.15) is 0 Å². The highest BCUT2D eigenvalue weighted by Crippen LogP contribution is 2.49. The minimum Gasteiger partial charge on any atom is -0.336 e. The van der Waals surface area contributed by atoms with Crippen LogP contribution in [0.4, 0.5) is 0 Å². The summed E-state index contributed by atoms with van der Waals surface area (Å²) in [5, 5.41) is 0. The average Bonchev–Trinajstić information content (AvgIpc) is 2.63. The number of carbonyl (C=O) groups is 1. The van der Waals surface area contributed by atoms with Crippen LogP contribution in [0.25, 0.3) is 0 Å². The van der Waals surface area contributed by atoms with Gasteiger partial charge in [-0.3, -0.25) is 4.79 Å². The first kappa shape index (κ1) is 20.4.